The summed E-state index contributed by atoms with van der Waals surface area (Å²) >= 11 is 1.40. The SMILES string of the molecule is CNC(=O)c1c(N2CCC(C)C2)sc(C(=O)C2CC2)c1N. The second-order valence-electron chi connectivity index (χ2n) is 6.08. The van der Waals surface area contributed by atoms with Crippen LogP contribution < -0.4 is 16.0 Å². The smallest absolute Gasteiger partial charge is 0.256 e. The molecule has 1 saturated heterocycles. The van der Waals surface area contributed by atoms with Gasteiger partial charge in [0.25, 0.3) is 5.91 Å². The summed E-state index contributed by atoms with van der Waals surface area (Å²) in [5.74, 6) is 0.636. The predicted octanol–water partition coefficient (Wildman–Crippen LogP) is 2.13. The van der Waals surface area contributed by atoms with Crippen molar-refractivity contribution in [2.24, 2.45) is 11.8 Å². The van der Waals surface area contributed by atoms with Gasteiger partial charge in [-0.15, -0.1) is 11.3 Å². The number of nitrogens with two attached hydrogens (primary N) is 1. The van der Waals surface area contributed by atoms with Gasteiger partial charge in [-0.2, -0.15) is 0 Å². The summed E-state index contributed by atoms with van der Waals surface area (Å²) in [6, 6.07) is 0. The summed E-state index contributed by atoms with van der Waals surface area (Å²) in [6.07, 6.45) is 3.00. The van der Waals surface area contributed by atoms with Crippen LogP contribution in [-0.4, -0.2) is 31.8 Å². The minimum atomic E-state index is -0.201. The van der Waals surface area contributed by atoms with Crippen LogP contribution in [0.5, 0.6) is 0 Å². The van der Waals surface area contributed by atoms with E-state index in [4.69, 9.17) is 5.73 Å². The molecule has 0 aromatic carbocycles. The summed E-state index contributed by atoms with van der Waals surface area (Å²) < 4.78 is 0. The van der Waals surface area contributed by atoms with E-state index >= 15 is 0 Å². The van der Waals surface area contributed by atoms with E-state index in [0.717, 1.165) is 37.4 Å². The summed E-state index contributed by atoms with van der Waals surface area (Å²) in [6.45, 7) is 4.04. The number of carbonyl (C=O) groups is 2. The van der Waals surface area contributed by atoms with Gasteiger partial charge in [0.05, 0.1) is 16.1 Å². The number of Topliss-reactive ketones (excluding diaryl/α,β-unsaturated/α-hetero) is 1. The average molecular weight is 307 g/mol. The lowest BCUT2D eigenvalue weighted by atomic mass is 10.1. The zero-order chi connectivity index (χ0) is 15.1. The Morgan fingerprint density at radius 2 is 2.05 bits per heavy atom. The fourth-order valence-corrected chi connectivity index (χ4v) is 4.10. The lowest BCUT2D eigenvalue weighted by Gasteiger charge is -2.17. The number of ketones is 1. The van der Waals surface area contributed by atoms with Crippen molar-refractivity contribution >= 4 is 33.7 Å². The molecule has 21 heavy (non-hydrogen) atoms. The first-order valence-electron chi connectivity index (χ1n) is 7.46. The van der Waals surface area contributed by atoms with Crippen LogP contribution in [0.4, 0.5) is 10.7 Å². The Morgan fingerprint density at radius 1 is 1.33 bits per heavy atom. The van der Waals surface area contributed by atoms with E-state index in [1.54, 1.807) is 7.05 Å². The van der Waals surface area contributed by atoms with Crippen LogP contribution in [0.3, 0.4) is 0 Å². The minimum absolute atomic E-state index is 0.112. The van der Waals surface area contributed by atoms with Crippen molar-refractivity contribution in [1.29, 1.82) is 0 Å². The van der Waals surface area contributed by atoms with E-state index in [1.807, 2.05) is 0 Å². The summed E-state index contributed by atoms with van der Waals surface area (Å²) in [5, 5.41) is 3.51. The van der Waals surface area contributed by atoms with Crippen molar-refractivity contribution < 1.29 is 9.59 Å². The van der Waals surface area contributed by atoms with E-state index in [-0.39, 0.29) is 17.6 Å². The van der Waals surface area contributed by atoms with Gasteiger partial charge in [0.15, 0.2) is 5.78 Å². The van der Waals surface area contributed by atoms with Crippen molar-refractivity contribution in [2.75, 3.05) is 30.8 Å². The number of anilines is 2. The van der Waals surface area contributed by atoms with Crippen molar-refractivity contribution in [3.63, 3.8) is 0 Å². The molecule has 2 aliphatic rings. The largest absolute Gasteiger partial charge is 0.397 e. The summed E-state index contributed by atoms with van der Waals surface area (Å²) in [4.78, 5) is 27.3. The van der Waals surface area contributed by atoms with Gasteiger partial charge < -0.3 is 16.0 Å². The Bertz CT molecular complexity index is 592. The molecule has 1 aliphatic carbocycles. The first-order valence-corrected chi connectivity index (χ1v) is 8.28. The van der Waals surface area contributed by atoms with Gasteiger partial charge in [-0.25, -0.2) is 0 Å². The molecule has 1 atom stereocenters. The molecule has 1 aromatic heterocycles. The van der Waals surface area contributed by atoms with E-state index in [0.29, 0.717) is 22.0 Å². The molecule has 2 heterocycles. The first-order chi connectivity index (χ1) is 10.0. The third kappa shape index (κ3) is 2.52. The number of nitrogens with one attached hydrogen (secondary N) is 1. The van der Waals surface area contributed by atoms with Crippen molar-refractivity contribution in [1.82, 2.24) is 5.32 Å². The molecular formula is C15H21N3O2S. The quantitative estimate of drug-likeness (QED) is 0.836. The van der Waals surface area contributed by atoms with Crippen LogP contribution in [-0.2, 0) is 0 Å². The Labute approximate surface area is 128 Å². The number of hydrogen-bond donors (Lipinski definition) is 2. The second-order valence-corrected chi connectivity index (χ2v) is 7.08. The highest BCUT2D eigenvalue weighted by atomic mass is 32.1. The number of amides is 1. The molecule has 1 saturated carbocycles. The molecule has 6 heteroatoms. The molecule has 2 fully saturated rings. The maximum atomic E-state index is 12.4. The Morgan fingerprint density at radius 3 is 2.57 bits per heavy atom. The fraction of sp³-hybridized carbons (Fsp3) is 0.600. The second kappa shape index (κ2) is 5.33. The van der Waals surface area contributed by atoms with Gasteiger partial charge in [0.1, 0.15) is 5.00 Å². The maximum Gasteiger partial charge on any atom is 0.256 e. The van der Waals surface area contributed by atoms with Gasteiger partial charge in [0.2, 0.25) is 0 Å². The molecule has 0 spiro atoms. The average Bonchev–Trinajstić information content (AvgIpc) is 3.15. The lowest BCUT2D eigenvalue weighted by molar-refractivity contribution is 0.0964. The van der Waals surface area contributed by atoms with Gasteiger partial charge >= 0.3 is 0 Å². The van der Waals surface area contributed by atoms with Crippen LogP contribution in [0.2, 0.25) is 0 Å². The number of thiophene rings is 1. The highest BCUT2D eigenvalue weighted by Crippen LogP contribution is 2.44. The minimum Gasteiger partial charge on any atom is -0.397 e. The Kier molecular flexibility index (Phi) is 3.65. The van der Waals surface area contributed by atoms with Crippen LogP contribution in [0, 0.1) is 11.8 Å². The van der Waals surface area contributed by atoms with E-state index < -0.39 is 0 Å². The molecule has 1 aliphatic heterocycles. The molecule has 3 N–H and O–H groups in total. The lowest BCUT2D eigenvalue weighted by Crippen LogP contribution is -2.24. The van der Waals surface area contributed by atoms with Crippen LogP contribution in [0.15, 0.2) is 0 Å². The van der Waals surface area contributed by atoms with E-state index in [2.05, 4.69) is 17.1 Å². The molecule has 1 unspecified atom stereocenters. The highest BCUT2D eigenvalue weighted by molar-refractivity contribution is 7.19. The number of rotatable bonds is 4. The number of nitrogens with zero attached hydrogens (tertiary/aromatic N) is 1. The summed E-state index contributed by atoms with van der Waals surface area (Å²) in [7, 11) is 1.60. The number of carbonyl (C=O) groups excluding carboxylic acids is 2. The zero-order valence-corrected chi connectivity index (χ0v) is 13.3. The third-order valence-corrected chi connectivity index (χ3v) is 5.54. The van der Waals surface area contributed by atoms with E-state index in [9.17, 15) is 9.59 Å². The maximum absolute atomic E-state index is 12.4. The molecular weight excluding hydrogens is 286 g/mol. The molecule has 0 bridgehead atoms. The topological polar surface area (TPSA) is 75.4 Å². The number of hydrogen-bond acceptors (Lipinski definition) is 5. The van der Waals surface area contributed by atoms with Gasteiger partial charge in [0, 0.05) is 26.1 Å². The molecule has 1 aromatic rings. The van der Waals surface area contributed by atoms with Crippen LogP contribution in [0.1, 0.15) is 46.2 Å². The fourth-order valence-electron chi connectivity index (χ4n) is 2.83. The monoisotopic (exact) mass is 307 g/mol. The molecule has 5 nitrogen and oxygen atoms in total. The number of nitrogen functional groups attached to an aromatic ring is 1. The van der Waals surface area contributed by atoms with Gasteiger partial charge in [-0.3, -0.25) is 9.59 Å². The van der Waals surface area contributed by atoms with Crippen LogP contribution >= 0.6 is 11.3 Å². The third-order valence-electron chi connectivity index (χ3n) is 4.26. The van der Waals surface area contributed by atoms with Gasteiger partial charge in [-0.1, -0.05) is 6.92 Å². The Hall–Kier alpha value is -1.56. The predicted molar refractivity (Wildman–Crippen MR) is 85.2 cm³/mol. The first kappa shape index (κ1) is 14.4. The molecule has 1 amide bonds. The van der Waals surface area contributed by atoms with Crippen molar-refractivity contribution in [3.05, 3.63) is 10.4 Å². The zero-order valence-electron chi connectivity index (χ0n) is 12.4. The summed E-state index contributed by atoms with van der Waals surface area (Å²) in [5.41, 5.74) is 7.00. The standard InChI is InChI=1S/C15H21N3O2S/c1-8-5-6-18(7-8)15-10(14(20)17-2)11(16)13(21-15)12(19)9-3-4-9/h8-9H,3-7,16H2,1-2H3,(H,17,20). The Balaban J connectivity index is 2.02. The normalized spacial score (nSPS) is 21.6. The van der Waals surface area contributed by atoms with Crippen molar-refractivity contribution in [3.8, 4) is 0 Å². The van der Waals surface area contributed by atoms with E-state index in [1.165, 1.54) is 11.3 Å². The molecule has 114 valence electrons. The molecule has 3 rings (SSSR count). The molecule has 0 radical (unpaired) electrons. The van der Waals surface area contributed by atoms with Crippen LogP contribution in [0.25, 0.3) is 0 Å². The highest BCUT2D eigenvalue weighted by Gasteiger charge is 2.36. The van der Waals surface area contributed by atoms with Gasteiger partial charge in [-0.05, 0) is 25.2 Å². The van der Waals surface area contributed by atoms with Crippen molar-refractivity contribution in [2.45, 2.75) is 26.2 Å².